The van der Waals surface area contributed by atoms with E-state index < -0.39 is 35.1 Å². The summed E-state index contributed by atoms with van der Waals surface area (Å²) < 4.78 is 33.2. The number of nitrogens with zero attached hydrogens (tertiary/aromatic N) is 2. The molecule has 0 aliphatic carbocycles. The van der Waals surface area contributed by atoms with E-state index in [9.17, 15) is 23.5 Å². The number of carbonyl (C=O) groups is 2. The molecule has 0 bridgehead atoms. The van der Waals surface area contributed by atoms with Crippen molar-refractivity contribution in [2.45, 2.75) is 6.04 Å². The Kier molecular flexibility index (Phi) is 5.33. The first-order valence-electron chi connectivity index (χ1n) is 10.1. The molecule has 1 N–H and O–H groups in total. The van der Waals surface area contributed by atoms with Gasteiger partial charge in [-0.3, -0.25) is 14.5 Å². The number of halogens is 2. The molecule has 34 heavy (non-hydrogen) atoms. The Morgan fingerprint density at radius 2 is 1.74 bits per heavy atom. The van der Waals surface area contributed by atoms with Gasteiger partial charge in [-0.2, -0.15) is 0 Å². The number of hydrogen-bond acceptors (Lipinski definition) is 6. The minimum atomic E-state index is -1.08. The Morgan fingerprint density at radius 1 is 1.03 bits per heavy atom. The van der Waals surface area contributed by atoms with Crippen LogP contribution in [0.1, 0.15) is 17.2 Å². The minimum Gasteiger partial charge on any atom is -0.507 e. The Bertz CT molecular complexity index is 1480. The Morgan fingerprint density at radius 3 is 2.47 bits per heavy atom. The van der Waals surface area contributed by atoms with E-state index in [2.05, 4.69) is 4.98 Å². The topological polar surface area (TPSA) is 79.7 Å². The number of anilines is 1. The lowest BCUT2D eigenvalue weighted by Gasteiger charge is -2.24. The zero-order chi connectivity index (χ0) is 24.0. The molecule has 5 rings (SSSR count). The summed E-state index contributed by atoms with van der Waals surface area (Å²) in [7, 11) is 1.45. The number of fused-ring (bicyclic) bond motifs is 1. The minimum absolute atomic E-state index is 0.164. The number of aromatic nitrogens is 1. The second-order valence-corrected chi connectivity index (χ2v) is 8.54. The number of para-hydroxylation sites is 1. The van der Waals surface area contributed by atoms with Crippen LogP contribution in [0.3, 0.4) is 0 Å². The van der Waals surface area contributed by atoms with Crippen LogP contribution in [0, 0.1) is 11.6 Å². The summed E-state index contributed by atoms with van der Waals surface area (Å²) in [6.07, 6.45) is 0. The van der Waals surface area contributed by atoms with Crippen molar-refractivity contribution in [1.82, 2.24) is 4.98 Å². The number of Topliss-reactive ketones (excluding diaryl/α,β-unsaturated/α-hetero) is 1. The summed E-state index contributed by atoms with van der Waals surface area (Å²) in [5.74, 6) is -2.87. The highest BCUT2D eigenvalue weighted by Gasteiger charge is 2.49. The van der Waals surface area contributed by atoms with Crippen LogP contribution in [0.4, 0.5) is 13.9 Å². The van der Waals surface area contributed by atoms with Crippen LogP contribution < -0.4 is 9.64 Å². The number of rotatable bonds is 4. The molecule has 1 aromatic heterocycles. The van der Waals surface area contributed by atoms with Gasteiger partial charge in [0.25, 0.3) is 5.78 Å². The monoisotopic (exact) mass is 478 g/mol. The first kappa shape index (κ1) is 21.7. The van der Waals surface area contributed by atoms with E-state index in [0.29, 0.717) is 21.5 Å². The molecule has 6 nitrogen and oxygen atoms in total. The summed E-state index contributed by atoms with van der Waals surface area (Å²) in [6, 6.07) is 14.7. The molecule has 9 heteroatoms. The molecule has 0 unspecified atom stereocenters. The number of ketones is 1. The van der Waals surface area contributed by atoms with Gasteiger partial charge in [0.1, 0.15) is 29.2 Å². The van der Waals surface area contributed by atoms with Gasteiger partial charge < -0.3 is 9.84 Å². The third kappa shape index (κ3) is 3.50. The normalized spacial score (nSPS) is 17.5. The number of amides is 1. The second-order valence-electron chi connectivity index (χ2n) is 7.53. The van der Waals surface area contributed by atoms with Crippen LogP contribution in [0.25, 0.3) is 16.0 Å². The fourth-order valence-corrected chi connectivity index (χ4v) is 4.99. The van der Waals surface area contributed by atoms with Crippen molar-refractivity contribution < 1.29 is 28.2 Å². The van der Waals surface area contributed by atoms with Gasteiger partial charge in [0.05, 0.1) is 22.9 Å². The molecule has 0 radical (unpaired) electrons. The van der Waals surface area contributed by atoms with Gasteiger partial charge in [0, 0.05) is 11.1 Å². The Hall–Kier alpha value is -4.11. The second kappa shape index (κ2) is 8.35. The zero-order valence-corrected chi connectivity index (χ0v) is 18.5. The molecular weight excluding hydrogens is 462 g/mol. The lowest BCUT2D eigenvalue weighted by Crippen LogP contribution is -2.29. The fraction of sp³-hybridized carbons (Fsp3) is 0.0800. The van der Waals surface area contributed by atoms with Crippen LogP contribution in [0.15, 0.2) is 72.3 Å². The van der Waals surface area contributed by atoms with Crippen LogP contribution in [0.5, 0.6) is 5.75 Å². The predicted octanol–water partition coefficient (Wildman–Crippen LogP) is 5.21. The standard InChI is InChI=1S/C25H16F2N2O4S/c1-33-18-5-3-2-4-16(18)21-20(22(30)13-6-8-14(26)9-7-13)23(31)24(32)29(21)25-28-17-11-10-15(27)12-19(17)34-25/h2-12,21,30H,1H3/b22-20+/t21-/m0/s1. The summed E-state index contributed by atoms with van der Waals surface area (Å²) in [5, 5.41) is 11.2. The van der Waals surface area contributed by atoms with Crippen molar-refractivity contribution in [2.75, 3.05) is 12.0 Å². The largest absolute Gasteiger partial charge is 0.507 e. The van der Waals surface area contributed by atoms with Crippen molar-refractivity contribution >= 4 is 44.1 Å². The van der Waals surface area contributed by atoms with E-state index in [4.69, 9.17) is 4.74 Å². The maximum atomic E-state index is 13.7. The van der Waals surface area contributed by atoms with Crippen molar-refractivity contribution in [3.63, 3.8) is 0 Å². The average molecular weight is 478 g/mol. The van der Waals surface area contributed by atoms with Gasteiger partial charge in [-0.15, -0.1) is 0 Å². The number of thiazole rings is 1. The molecule has 1 amide bonds. The smallest absolute Gasteiger partial charge is 0.301 e. The van der Waals surface area contributed by atoms with E-state index in [0.717, 1.165) is 23.5 Å². The average Bonchev–Trinajstić information content (AvgIpc) is 3.36. The quantitative estimate of drug-likeness (QED) is 0.248. The molecule has 170 valence electrons. The van der Waals surface area contributed by atoms with E-state index in [-0.39, 0.29) is 16.3 Å². The fourth-order valence-electron chi connectivity index (χ4n) is 3.97. The van der Waals surface area contributed by atoms with E-state index in [1.54, 1.807) is 24.3 Å². The number of carbonyl (C=O) groups excluding carboxylic acids is 2. The molecule has 0 saturated carbocycles. The van der Waals surface area contributed by atoms with Gasteiger partial charge in [0.15, 0.2) is 5.13 Å². The maximum absolute atomic E-state index is 13.7. The molecule has 1 saturated heterocycles. The number of hydrogen-bond donors (Lipinski definition) is 1. The van der Waals surface area contributed by atoms with Crippen LogP contribution in [-0.2, 0) is 9.59 Å². The number of methoxy groups -OCH3 is 1. The van der Waals surface area contributed by atoms with Crippen molar-refractivity contribution in [3.05, 3.63) is 95.1 Å². The number of benzene rings is 3. The SMILES string of the molecule is COc1ccccc1[C@H]1/C(=C(\O)c2ccc(F)cc2)C(=O)C(=O)N1c1nc2ccc(F)cc2s1. The van der Waals surface area contributed by atoms with E-state index in [1.807, 2.05) is 0 Å². The summed E-state index contributed by atoms with van der Waals surface area (Å²) in [4.78, 5) is 32.1. The van der Waals surface area contributed by atoms with Gasteiger partial charge in [0.2, 0.25) is 0 Å². The first-order valence-corrected chi connectivity index (χ1v) is 11.0. The third-order valence-electron chi connectivity index (χ3n) is 5.54. The maximum Gasteiger partial charge on any atom is 0.301 e. The molecule has 1 fully saturated rings. The predicted molar refractivity (Wildman–Crippen MR) is 124 cm³/mol. The summed E-state index contributed by atoms with van der Waals surface area (Å²) in [6.45, 7) is 0. The van der Waals surface area contributed by atoms with Gasteiger partial charge in [-0.25, -0.2) is 13.8 Å². The van der Waals surface area contributed by atoms with Crippen molar-refractivity contribution in [2.24, 2.45) is 0 Å². The highest BCUT2D eigenvalue weighted by atomic mass is 32.1. The summed E-state index contributed by atoms with van der Waals surface area (Å²) in [5.41, 5.74) is 0.885. The number of aliphatic hydroxyl groups excluding tert-OH is 1. The molecule has 1 aliphatic rings. The van der Waals surface area contributed by atoms with Crippen molar-refractivity contribution in [1.29, 1.82) is 0 Å². The number of ether oxygens (including phenoxy) is 1. The Balaban J connectivity index is 1.76. The van der Waals surface area contributed by atoms with Crippen LogP contribution in [-0.4, -0.2) is 28.9 Å². The zero-order valence-electron chi connectivity index (χ0n) is 17.7. The molecule has 1 atom stereocenters. The van der Waals surface area contributed by atoms with Crippen LogP contribution in [0.2, 0.25) is 0 Å². The van der Waals surface area contributed by atoms with Crippen LogP contribution >= 0.6 is 11.3 Å². The van der Waals surface area contributed by atoms with E-state index in [1.165, 1.54) is 42.3 Å². The highest BCUT2D eigenvalue weighted by molar-refractivity contribution is 7.22. The lowest BCUT2D eigenvalue weighted by atomic mass is 9.94. The first-order chi connectivity index (χ1) is 16.4. The van der Waals surface area contributed by atoms with Gasteiger partial charge in [-0.05, 0) is 48.5 Å². The molecule has 4 aromatic rings. The van der Waals surface area contributed by atoms with Gasteiger partial charge >= 0.3 is 5.91 Å². The molecular formula is C25H16F2N2O4S. The molecule has 0 spiro atoms. The number of aliphatic hydroxyl groups is 1. The van der Waals surface area contributed by atoms with E-state index >= 15 is 0 Å². The van der Waals surface area contributed by atoms with Crippen molar-refractivity contribution in [3.8, 4) is 5.75 Å². The highest BCUT2D eigenvalue weighted by Crippen LogP contribution is 2.46. The van der Waals surface area contributed by atoms with Gasteiger partial charge in [-0.1, -0.05) is 29.5 Å². The molecule has 2 heterocycles. The molecule has 3 aromatic carbocycles. The summed E-state index contributed by atoms with van der Waals surface area (Å²) >= 11 is 1.05. The third-order valence-corrected chi connectivity index (χ3v) is 6.56. The Labute approximate surface area is 196 Å². The molecule has 1 aliphatic heterocycles. The lowest BCUT2D eigenvalue weighted by molar-refractivity contribution is -0.132.